The predicted octanol–water partition coefficient (Wildman–Crippen LogP) is 3.39. The van der Waals surface area contributed by atoms with Gasteiger partial charge in [0, 0.05) is 26.1 Å². The summed E-state index contributed by atoms with van der Waals surface area (Å²) in [6.07, 6.45) is 7.15. The fourth-order valence-electron chi connectivity index (χ4n) is 4.38. The first-order valence-corrected chi connectivity index (χ1v) is 11.0. The molecule has 30 heavy (non-hydrogen) atoms. The summed E-state index contributed by atoms with van der Waals surface area (Å²) < 4.78 is 16.5. The van der Waals surface area contributed by atoms with E-state index in [0.29, 0.717) is 37.7 Å². The first kappa shape index (κ1) is 20.8. The monoisotopic (exact) mass is 413 g/mol. The van der Waals surface area contributed by atoms with Gasteiger partial charge in [-0.25, -0.2) is 0 Å². The zero-order chi connectivity index (χ0) is 20.8. The molecule has 7 heteroatoms. The van der Waals surface area contributed by atoms with Gasteiger partial charge in [0.25, 0.3) is 0 Å². The Labute approximate surface area is 177 Å². The Morgan fingerprint density at radius 1 is 1.27 bits per heavy atom. The lowest BCUT2D eigenvalue weighted by Crippen LogP contribution is -2.29. The van der Waals surface area contributed by atoms with Crippen molar-refractivity contribution in [1.29, 1.82) is 0 Å². The molecule has 1 aliphatic heterocycles. The van der Waals surface area contributed by atoms with Gasteiger partial charge in [-0.2, -0.15) is 4.98 Å². The summed E-state index contributed by atoms with van der Waals surface area (Å²) in [5, 5.41) is 4.10. The van der Waals surface area contributed by atoms with E-state index in [9.17, 15) is 4.79 Å². The van der Waals surface area contributed by atoms with Crippen LogP contribution in [0.15, 0.2) is 28.8 Å². The van der Waals surface area contributed by atoms with E-state index in [1.54, 1.807) is 7.11 Å². The SMILES string of the molecule is COc1cccc(CC(=O)N2CCC(c3nc(CCOCC4CCCC4)no3)C2)c1. The normalized spacial score (nSPS) is 19.5. The van der Waals surface area contributed by atoms with Crippen LogP contribution in [0.2, 0.25) is 0 Å². The lowest BCUT2D eigenvalue weighted by atomic mass is 10.1. The molecule has 2 aromatic rings. The molecule has 2 heterocycles. The minimum absolute atomic E-state index is 0.111. The number of nitrogens with zero attached hydrogens (tertiary/aromatic N) is 3. The summed E-state index contributed by atoms with van der Waals surface area (Å²) in [6, 6.07) is 7.65. The van der Waals surface area contributed by atoms with Crippen molar-refractivity contribution in [3.63, 3.8) is 0 Å². The largest absolute Gasteiger partial charge is 0.497 e. The Balaban J connectivity index is 1.22. The highest BCUT2D eigenvalue weighted by molar-refractivity contribution is 5.79. The molecule has 1 aromatic heterocycles. The van der Waals surface area contributed by atoms with Crippen LogP contribution in [0.4, 0.5) is 0 Å². The number of amides is 1. The summed E-state index contributed by atoms with van der Waals surface area (Å²) in [6.45, 7) is 2.82. The molecular formula is C23H31N3O4. The van der Waals surface area contributed by atoms with Crippen molar-refractivity contribution >= 4 is 5.91 Å². The third kappa shape index (κ3) is 5.39. The van der Waals surface area contributed by atoms with E-state index in [-0.39, 0.29) is 11.8 Å². The molecule has 1 aliphatic carbocycles. The molecule has 0 radical (unpaired) electrons. The van der Waals surface area contributed by atoms with E-state index in [2.05, 4.69) is 10.1 Å². The Kier molecular flexibility index (Phi) is 7.00. The molecule has 1 unspecified atom stereocenters. The number of aromatic nitrogens is 2. The van der Waals surface area contributed by atoms with Crippen molar-refractivity contribution in [2.45, 2.75) is 50.9 Å². The van der Waals surface area contributed by atoms with Crippen molar-refractivity contribution in [2.75, 3.05) is 33.4 Å². The molecule has 162 valence electrons. The van der Waals surface area contributed by atoms with Gasteiger partial charge in [-0.1, -0.05) is 30.1 Å². The highest BCUT2D eigenvalue weighted by Crippen LogP contribution is 2.27. The number of methoxy groups -OCH3 is 1. The van der Waals surface area contributed by atoms with Gasteiger partial charge < -0.3 is 18.9 Å². The summed E-state index contributed by atoms with van der Waals surface area (Å²) in [7, 11) is 1.63. The summed E-state index contributed by atoms with van der Waals surface area (Å²) in [4.78, 5) is 19.1. The lowest BCUT2D eigenvalue weighted by molar-refractivity contribution is -0.129. The molecule has 1 atom stereocenters. The lowest BCUT2D eigenvalue weighted by Gasteiger charge is -2.16. The van der Waals surface area contributed by atoms with Crippen molar-refractivity contribution in [3.05, 3.63) is 41.5 Å². The van der Waals surface area contributed by atoms with Crippen molar-refractivity contribution in [1.82, 2.24) is 15.0 Å². The Bertz CT molecular complexity index is 831. The van der Waals surface area contributed by atoms with Gasteiger partial charge in [-0.05, 0) is 42.9 Å². The maximum Gasteiger partial charge on any atom is 0.231 e. The summed E-state index contributed by atoms with van der Waals surface area (Å²) in [5.74, 6) is 3.05. The minimum atomic E-state index is 0.111. The van der Waals surface area contributed by atoms with Crippen molar-refractivity contribution < 1.29 is 18.8 Å². The number of carbonyl (C=O) groups is 1. The number of ether oxygens (including phenoxy) is 2. The molecule has 1 saturated heterocycles. The van der Waals surface area contributed by atoms with E-state index in [1.165, 1.54) is 25.7 Å². The van der Waals surface area contributed by atoms with Gasteiger partial charge in [-0.15, -0.1) is 0 Å². The highest BCUT2D eigenvalue weighted by Gasteiger charge is 2.31. The Morgan fingerprint density at radius 3 is 2.97 bits per heavy atom. The maximum absolute atomic E-state index is 12.7. The summed E-state index contributed by atoms with van der Waals surface area (Å²) in [5.41, 5.74) is 0.959. The van der Waals surface area contributed by atoms with E-state index < -0.39 is 0 Å². The standard InChI is InChI=1S/C23H31N3O4/c1-28-20-8-4-7-18(13-20)14-22(27)26-11-9-19(15-26)23-24-21(25-30-23)10-12-29-16-17-5-2-3-6-17/h4,7-8,13,17,19H,2-3,5-6,9-12,14-16H2,1H3. The maximum atomic E-state index is 12.7. The van der Waals surface area contributed by atoms with Crippen LogP contribution in [-0.2, 0) is 22.4 Å². The smallest absolute Gasteiger partial charge is 0.231 e. The van der Waals surface area contributed by atoms with Crippen LogP contribution in [0.3, 0.4) is 0 Å². The van der Waals surface area contributed by atoms with E-state index >= 15 is 0 Å². The van der Waals surface area contributed by atoms with Crippen LogP contribution in [0, 0.1) is 5.92 Å². The molecule has 2 aliphatic rings. The number of benzene rings is 1. The van der Waals surface area contributed by atoms with Crippen LogP contribution in [0.5, 0.6) is 5.75 Å². The van der Waals surface area contributed by atoms with Crippen LogP contribution in [0.25, 0.3) is 0 Å². The van der Waals surface area contributed by atoms with Gasteiger partial charge >= 0.3 is 0 Å². The van der Waals surface area contributed by atoms with Crippen molar-refractivity contribution in [3.8, 4) is 5.75 Å². The molecule has 7 nitrogen and oxygen atoms in total. The molecule has 0 N–H and O–H groups in total. The van der Waals surface area contributed by atoms with Gasteiger partial charge in [0.2, 0.25) is 11.8 Å². The van der Waals surface area contributed by atoms with Gasteiger partial charge in [-0.3, -0.25) is 4.79 Å². The Hall–Kier alpha value is -2.41. The first-order chi connectivity index (χ1) is 14.7. The summed E-state index contributed by atoms with van der Waals surface area (Å²) >= 11 is 0. The van der Waals surface area contributed by atoms with Gasteiger partial charge in [0.1, 0.15) is 5.75 Å². The second-order valence-electron chi connectivity index (χ2n) is 8.38. The first-order valence-electron chi connectivity index (χ1n) is 11.0. The molecule has 0 spiro atoms. The molecule has 0 bridgehead atoms. The van der Waals surface area contributed by atoms with Gasteiger partial charge in [0.15, 0.2) is 5.82 Å². The third-order valence-corrected chi connectivity index (χ3v) is 6.16. The predicted molar refractivity (Wildman–Crippen MR) is 111 cm³/mol. The average Bonchev–Trinajstić information content (AvgIpc) is 3.53. The van der Waals surface area contributed by atoms with Crippen LogP contribution in [0.1, 0.15) is 55.3 Å². The van der Waals surface area contributed by atoms with Gasteiger partial charge in [0.05, 0.1) is 26.1 Å². The fourth-order valence-corrected chi connectivity index (χ4v) is 4.38. The average molecular weight is 414 g/mol. The molecule has 1 aromatic carbocycles. The zero-order valence-electron chi connectivity index (χ0n) is 17.7. The molecule has 2 fully saturated rings. The molecule has 1 saturated carbocycles. The number of rotatable bonds is 9. The molecule has 4 rings (SSSR count). The number of hydrogen-bond acceptors (Lipinski definition) is 6. The number of carbonyl (C=O) groups excluding carboxylic acids is 1. The van der Waals surface area contributed by atoms with Crippen LogP contribution < -0.4 is 4.74 Å². The Morgan fingerprint density at radius 2 is 2.13 bits per heavy atom. The zero-order valence-corrected chi connectivity index (χ0v) is 17.7. The van der Waals surface area contributed by atoms with Crippen LogP contribution in [-0.4, -0.2) is 54.4 Å². The second-order valence-corrected chi connectivity index (χ2v) is 8.38. The quantitative estimate of drug-likeness (QED) is 0.587. The van der Waals surface area contributed by atoms with Crippen LogP contribution >= 0.6 is 0 Å². The second kappa shape index (κ2) is 10.1. The fraction of sp³-hybridized carbons (Fsp3) is 0.609. The third-order valence-electron chi connectivity index (χ3n) is 6.16. The molecular weight excluding hydrogens is 382 g/mol. The number of hydrogen-bond donors (Lipinski definition) is 0. The number of likely N-dealkylation sites (tertiary alicyclic amines) is 1. The highest BCUT2D eigenvalue weighted by atomic mass is 16.5. The van der Waals surface area contributed by atoms with Crippen molar-refractivity contribution in [2.24, 2.45) is 5.92 Å². The van der Waals surface area contributed by atoms with E-state index in [0.717, 1.165) is 36.8 Å². The molecule has 1 amide bonds. The van der Waals surface area contributed by atoms with E-state index in [4.69, 9.17) is 14.0 Å². The van der Waals surface area contributed by atoms with E-state index in [1.807, 2.05) is 29.2 Å². The minimum Gasteiger partial charge on any atom is -0.497 e. The topological polar surface area (TPSA) is 77.7 Å².